The van der Waals surface area contributed by atoms with Crippen molar-refractivity contribution in [1.29, 1.82) is 0 Å². The van der Waals surface area contributed by atoms with Gasteiger partial charge in [0.05, 0.1) is 11.6 Å². The minimum absolute atomic E-state index is 0.318. The van der Waals surface area contributed by atoms with E-state index in [1.165, 1.54) is 12.3 Å². The first-order valence-electron chi connectivity index (χ1n) is 8.58. The fraction of sp³-hybridized carbons (Fsp3) is 0.579. The number of likely N-dealkylation sites (tertiary alicyclic amines) is 1. The largest absolute Gasteiger partial charge is 0.444 e. The molecule has 1 amide bonds. The lowest BCUT2D eigenvalue weighted by molar-refractivity contribution is -0.138. The van der Waals surface area contributed by atoms with Gasteiger partial charge in [-0.3, -0.25) is 4.90 Å². The number of aromatic nitrogens is 1. The van der Waals surface area contributed by atoms with Crippen LogP contribution in [0.1, 0.15) is 44.9 Å². The van der Waals surface area contributed by atoms with Crippen molar-refractivity contribution >= 4 is 6.09 Å². The Morgan fingerprint density at radius 1 is 1.27 bits per heavy atom. The van der Waals surface area contributed by atoms with Crippen LogP contribution in [-0.4, -0.2) is 34.2 Å². The molecule has 4 nitrogen and oxygen atoms in total. The molecule has 0 spiro atoms. The molecule has 1 aliphatic carbocycles. The summed E-state index contributed by atoms with van der Waals surface area (Å²) in [5.74, 6) is 6.31. The monoisotopic (exact) mass is 366 g/mol. The molecule has 0 aromatic carbocycles. The number of halogens is 3. The first-order valence-corrected chi connectivity index (χ1v) is 8.58. The lowest BCUT2D eigenvalue weighted by Gasteiger charge is -2.33. The molecule has 3 rings (SSSR count). The second-order valence-corrected chi connectivity index (χ2v) is 7.81. The van der Waals surface area contributed by atoms with E-state index in [1.807, 2.05) is 0 Å². The maximum absolute atomic E-state index is 13.1. The summed E-state index contributed by atoms with van der Waals surface area (Å²) in [6, 6.07) is 1.73. The number of pyridine rings is 1. The topological polar surface area (TPSA) is 42.4 Å². The highest BCUT2D eigenvalue weighted by Crippen LogP contribution is 2.47. The van der Waals surface area contributed by atoms with Crippen LogP contribution in [0.5, 0.6) is 0 Å². The van der Waals surface area contributed by atoms with E-state index in [9.17, 15) is 18.0 Å². The van der Waals surface area contributed by atoms with Crippen LogP contribution in [0.15, 0.2) is 18.3 Å². The highest BCUT2D eigenvalue weighted by Gasteiger charge is 2.47. The standard InChI is InChI=1S/C19H21F3N2O2/c1-18(2,3)26-17(25)24-11-13-9-12(13)10-14(24)6-7-16-15(19(20,21)22)5-4-8-23-16/h4-5,8,12-14H,9-11H2,1-3H3/t12-,13+,14-/m1/s1. The Kier molecular flexibility index (Phi) is 4.63. The number of fused-ring (bicyclic) bond motifs is 1. The Hall–Kier alpha value is -2.23. The van der Waals surface area contributed by atoms with Crippen molar-refractivity contribution < 1.29 is 22.7 Å². The molecule has 0 unspecified atom stereocenters. The van der Waals surface area contributed by atoms with E-state index in [4.69, 9.17) is 4.74 Å². The summed E-state index contributed by atoms with van der Waals surface area (Å²) < 4.78 is 44.7. The Morgan fingerprint density at radius 3 is 2.65 bits per heavy atom. The van der Waals surface area contributed by atoms with Crippen LogP contribution >= 0.6 is 0 Å². The number of rotatable bonds is 0. The molecule has 140 valence electrons. The zero-order valence-electron chi connectivity index (χ0n) is 14.9. The molecule has 1 aromatic heterocycles. The normalized spacial score (nSPS) is 25.0. The molecular formula is C19H21F3N2O2. The summed E-state index contributed by atoms with van der Waals surface area (Å²) in [5, 5.41) is 0. The van der Waals surface area contributed by atoms with Gasteiger partial charge >= 0.3 is 12.3 Å². The number of piperidine rings is 1. The van der Waals surface area contributed by atoms with Crippen LogP contribution in [0.4, 0.5) is 18.0 Å². The molecule has 1 saturated carbocycles. The molecule has 2 fully saturated rings. The Bertz CT molecular complexity index is 759. The molecule has 0 bridgehead atoms. The molecule has 2 heterocycles. The van der Waals surface area contributed by atoms with Crippen molar-refractivity contribution in [2.45, 2.75) is 51.4 Å². The zero-order chi connectivity index (χ0) is 19.1. The molecule has 1 aliphatic heterocycles. The summed E-state index contributed by atoms with van der Waals surface area (Å²) >= 11 is 0. The fourth-order valence-electron chi connectivity index (χ4n) is 3.16. The molecule has 1 aromatic rings. The van der Waals surface area contributed by atoms with Crippen LogP contribution in [0.25, 0.3) is 0 Å². The van der Waals surface area contributed by atoms with Gasteiger partial charge < -0.3 is 4.74 Å². The Balaban J connectivity index is 1.84. The third kappa shape index (κ3) is 4.29. The van der Waals surface area contributed by atoms with Crippen molar-refractivity contribution in [3.8, 4) is 11.8 Å². The Labute approximate surface area is 150 Å². The van der Waals surface area contributed by atoms with Crippen molar-refractivity contribution in [3.63, 3.8) is 0 Å². The molecule has 2 aliphatic rings. The number of alkyl halides is 3. The number of hydrogen-bond acceptors (Lipinski definition) is 3. The number of carbonyl (C=O) groups is 1. The maximum Gasteiger partial charge on any atom is 0.419 e. The molecule has 1 saturated heterocycles. The van der Waals surface area contributed by atoms with Gasteiger partial charge in [0, 0.05) is 12.7 Å². The van der Waals surface area contributed by atoms with Crippen molar-refractivity contribution in [3.05, 3.63) is 29.6 Å². The SMILES string of the molecule is CC(C)(C)OC(=O)N1C[C@@H]2C[C@@H]2C[C@H]1C#Cc1ncccc1C(F)(F)F. The summed E-state index contributed by atoms with van der Waals surface area (Å²) in [6.07, 6.45) is -2.03. The summed E-state index contributed by atoms with van der Waals surface area (Å²) in [6.45, 7) is 5.87. The van der Waals surface area contributed by atoms with E-state index in [-0.39, 0.29) is 5.69 Å². The van der Waals surface area contributed by atoms with E-state index < -0.39 is 29.5 Å². The van der Waals surface area contributed by atoms with Crippen LogP contribution < -0.4 is 0 Å². The van der Waals surface area contributed by atoms with Crippen LogP contribution in [0, 0.1) is 23.7 Å². The third-order valence-corrected chi connectivity index (χ3v) is 4.50. The van der Waals surface area contributed by atoms with E-state index >= 15 is 0 Å². The molecule has 7 heteroatoms. The highest BCUT2D eigenvalue weighted by molar-refractivity contribution is 5.69. The van der Waals surface area contributed by atoms with Crippen molar-refractivity contribution in [2.24, 2.45) is 11.8 Å². The lowest BCUT2D eigenvalue weighted by Crippen LogP contribution is -2.46. The zero-order valence-corrected chi connectivity index (χ0v) is 14.9. The summed E-state index contributed by atoms with van der Waals surface area (Å²) in [4.78, 5) is 17.8. The van der Waals surface area contributed by atoms with Gasteiger partial charge in [-0.15, -0.1) is 0 Å². The van der Waals surface area contributed by atoms with Crippen LogP contribution in [-0.2, 0) is 10.9 Å². The molecular weight excluding hydrogens is 345 g/mol. The van der Waals surface area contributed by atoms with Gasteiger partial charge in [0.1, 0.15) is 11.3 Å². The number of hydrogen-bond donors (Lipinski definition) is 0. The van der Waals surface area contributed by atoms with Gasteiger partial charge in [-0.2, -0.15) is 13.2 Å². The second-order valence-electron chi connectivity index (χ2n) is 7.81. The van der Waals surface area contributed by atoms with E-state index in [1.54, 1.807) is 25.7 Å². The maximum atomic E-state index is 13.1. The second kappa shape index (κ2) is 6.49. The number of amides is 1. The highest BCUT2D eigenvalue weighted by atomic mass is 19.4. The van der Waals surface area contributed by atoms with E-state index in [0.29, 0.717) is 24.8 Å². The number of nitrogens with zero attached hydrogens (tertiary/aromatic N) is 2. The fourth-order valence-corrected chi connectivity index (χ4v) is 3.16. The Morgan fingerprint density at radius 2 is 2.00 bits per heavy atom. The quantitative estimate of drug-likeness (QED) is 0.650. The average Bonchev–Trinajstić information content (AvgIpc) is 3.28. The minimum Gasteiger partial charge on any atom is -0.444 e. The van der Waals surface area contributed by atoms with Gasteiger partial charge in [0.25, 0.3) is 0 Å². The predicted octanol–water partition coefficient (Wildman–Crippen LogP) is 4.10. The number of carbonyl (C=O) groups excluding carboxylic acids is 1. The lowest BCUT2D eigenvalue weighted by atomic mass is 10.0. The summed E-state index contributed by atoms with van der Waals surface area (Å²) in [5.41, 5.74) is -1.82. The van der Waals surface area contributed by atoms with Gasteiger partial charge in [-0.05, 0) is 63.5 Å². The van der Waals surface area contributed by atoms with Gasteiger partial charge in [-0.1, -0.05) is 5.92 Å². The molecule has 0 N–H and O–H groups in total. The van der Waals surface area contributed by atoms with Crippen LogP contribution in [0.3, 0.4) is 0 Å². The van der Waals surface area contributed by atoms with E-state index in [2.05, 4.69) is 16.8 Å². The van der Waals surface area contributed by atoms with Crippen molar-refractivity contribution in [2.75, 3.05) is 6.54 Å². The number of ether oxygens (including phenoxy) is 1. The molecule has 26 heavy (non-hydrogen) atoms. The predicted molar refractivity (Wildman–Crippen MR) is 89.1 cm³/mol. The van der Waals surface area contributed by atoms with Crippen LogP contribution in [0.2, 0.25) is 0 Å². The van der Waals surface area contributed by atoms with Gasteiger partial charge in [0.15, 0.2) is 0 Å². The van der Waals surface area contributed by atoms with Crippen molar-refractivity contribution in [1.82, 2.24) is 9.88 Å². The van der Waals surface area contributed by atoms with Gasteiger partial charge in [0.2, 0.25) is 0 Å². The first kappa shape index (κ1) is 18.6. The van der Waals surface area contributed by atoms with E-state index in [0.717, 1.165) is 12.5 Å². The third-order valence-electron chi connectivity index (χ3n) is 4.50. The smallest absolute Gasteiger partial charge is 0.419 e. The average molecular weight is 366 g/mol. The minimum atomic E-state index is -4.52. The first-order chi connectivity index (χ1) is 12.0. The molecule has 0 radical (unpaired) electrons. The molecule has 3 atom stereocenters. The summed E-state index contributed by atoms with van der Waals surface area (Å²) in [7, 11) is 0. The van der Waals surface area contributed by atoms with Gasteiger partial charge in [-0.25, -0.2) is 9.78 Å².